The highest BCUT2D eigenvalue weighted by molar-refractivity contribution is 5.83. The Morgan fingerprint density at radius 1 is 0.903 bits per heavy atom. The molecule has 1 heterocycles. The number of fused-ring (bicyclic) bond motifs is 1. The van der Waals surface area contributed by atoms with Gasteiger partial charge in [-0.15, -0.1) is 0 Å². The first kappa shape index (κ1) is 19.8. The second kappa shape index (κ2) is 8.50. The van der Waals surface area contributed by atoms with Gasteiger partial charge in [-0.3, -0.25) is 19.9 Å². The highest BCUT2D eigenvalue weighted by atomic mass is 16.6. The molecule has 2 N–H and O–H groups in total. The molecule has 0 atom stereocenters. The molecule has 4 aromatic rings. The van der Waals surface area contributed by atoms with E-state index in [9.17, 15) is 19.7 Å². The van der Waals surface area contributed by atoms with E-state index >= 15 is 0 Å². The van der Waals surface area contributed by atoms with Crippen LogP contribution in [0.5, 0.6) is 5.75 Å². The minimum absolute atomic E-state index is 0.171. The largest absolute Gasteiger partial charge is 0.489 e. The van der Waals surface area contributed by atoms with Crippen molar-refractivity contribution in [3.63, 3.8) is 0 Å². The van der Waals surface area contributed by atoms with Crippen LogP contribution in [0.25, 0.3) is 22.9 Å². The summed E-state index contributed by atoms with van der Waals surface area (Å²) in [6.45, 7) is 0.417. The molecule has 0 unspecified atom stereocenters. The first-order valence-corrected chi connectivity index (χ1v) is 9.39. The van der Waals surface area contributed by atoms with Gasteiger partial charge in [0.05, 0.1) is 4.92 Å². The number of nitrogens with zero attached hydrogens (tertiary/aromatic N) is 1. The monoisotopic (exact) mass is 415 g/mol. The molecule has 0 saturated carbocycles. The molecule has 0 aliphatic heterocycles. The third kappa shape index (κ3) is 4.59. The van der Waals surface area contributed by atoms with Gasteiger partial charge >= 0.3 is 16.9 Å². The van der Waals surface area contributed by atoms with Crippen LogP contribution in [0.1, 0.15) is 16.8 Å². The Labute approximate surface area is 175 Å². The highest BCUT2D eigenvalue weighted by Crippen LogP contribution is 2.19. The van der Waals surface area contributed by atoms with E-state index in [-0.39, 0.29) is 5.69 Å². The predicted octanol–water partition coefficient (Wildman–Crippen LogP) is 3.87. The second-order valence-corrected chi connectivity index (χ2v) is 6.80. The van der Waals surface area contributed by atoms with E-state index in [1.165, 1.54) is 11.5 Å². The molecule has 0 saturated heterocycles. The average molecular weight is 415 g/mol. The Kier molecular flexibility index (Phi) is 5.44. The Hall–Kier alpha value is -4.46. The quantitative estimate of drug-likeness (QED) is 0.366. The van der Waals surface area contributed by atoms with Crippen LogP contribution >= 0.6 is 0 Å². The van der Waals surface area contributed by atoms with Gasteiger partial charge in [0.2, 0.25) is 0 Å². The van der Waals surface area contributed by atoms with Gasteiger partial charge in [-0.25, -0.2) is 4.79 Å². The lowest BCUT2D eigenvalue weighted by Crippen LogP contribution is -2.25. The summed E-state index contributed by atoms with van der Waals surface area (Å²) in [6.07, 6.45) is 2.88. The minimum Gasteiger partial charge on any atom is -0.489 e. The van der Waals surface area contributed by atoms with Crippen molar-refractivity contribution in [3.8, 4) is 5.75 Å². The van der Waals surface area contributed by atoms with Gasteiger partial charge in [-0.1, -0.05) is 54.6 Å². The number of rotatable bonds is 6. The lowest BCUT2D eigenvalue weighted by molar-refractivity contribution is -0.386. The fourth-order valence-corrected chi connectivity index (χ4v) is 3.15. The maximum absolute atomic E-state index is 11.7. The molecule has 3 aromatic carbocycles. The predicted molar refractivity (Wildman–Crippen MR) is 118 cm³/mol. The number of H-pyrrole nitrogens is 2. The maximum atomic E-state index is 11.7. The Balaban J connectivity index is 1.46. The van der Waals surface area contributed by atoms with E-state index in [2.05, 4.69) is 29.2 Å². The number of aromatic amines is 2. The van der Waals surface area contributed by atoms with Crippen molar-refractivity contribution in [2.45, 2.75) is 6.61 Å². The molecule has 8 heteroatoms. The first-order chi connectivity index (χ1) is 15.0. The Morgan fingerprint density at radius 3 is 2.39 bits per heavy atom. The van der Waals surface area contributed by atoms with E-state index in [1.807, 2.05) is 23.2 Å². The summed E-state index contributed by atoms with van der Waals surface area (Å²) in [5, 5.41) is 13.4. The number of benzene rings is 3. The molecule has 1 aromatic heterocycles. The molecule has 0 aliphatic carbocycles. The van der Waals surface area contributed by atoms with Crippen molar-refractivity contribution in [1.29, 1.82) is 0 Å². The minimum atomic E-state index is -1.05. The fraction of sp³-hybridized carbons (Fsp3) is 0.0435. The zero-order valence-corrected chi connectivity index (χ0v) is 16.2. The van der Waals surface area contributed by atoms with Gasteiger partial charge in [-0.2, -0.15) is 0 Å². The van der Waals surface area contributed by atoms with Crippen LogP contribution in [-0.4, -0.2) is 14.9 Å². The summed E-state index contributed by atoms with van der Waals surface area (Å²) in [5.74, 6) is 0.667. The molecule has 0 fully saturated rings. The Bertz CT molecular complexity index is 1400. The van der Waals surface area contributed by atoms with Gasteiger partial charge in [0.15, 0.2) is 0 Å². The van der Waals surface area contributed by atoms with Crippen LogP contribution < -0.4 is 16.0 Å². The number of hydrogen-bond donors (Lipinski definition) is 2. The second-order valence-electron chi connectivity index (χ2n) is 6.80. The summed E-state index contributed by atoms with van der Waals surface area (Å²) in [7, 11) is 0. The first-order valence-electron chi connectivity index (χ1n) is 9.39. The van der Waals surface area contributed by atoms with Crippen LogP contribution in [-0.2, 0) is 6.61 Å². The number of aromatic nitrogens is 2. The molecule has 0 aliphatic rings. The van der Waals surface area contributed by atoms with Crippen LogP contribution in [0.3, 0.4) is 0 Å². The standard InChI is InChI=1S/C23H17N3O5/c27-22-21(26(29)30)20(24-23(28)25-22)12-8-15-6-10-19(11-7-15)31-14-16-5-9-17-3-1-2-4-18(17)13-16/h1-13H,14H2,(H2,24,25,27,28)/b12-8+. The van der Waals surface area contributed by atoms with Crippen LogP contribution in [0, 0.1) is 10.1 Å². The van der Waals surface area contributed by atoms with Crippen molar-refractivity contribution in [2.75, 3.05) is 0 Å². The molecule has 8 nitrogen and oxygen atoms in total. The number of nitro groups is 1. The third-order valence-corrected chi connectivity index (χ3v) is 4.67. The Morgan fingerprint density at radius 2 is 1.65 bits per heavy atom. The molecule has 4 rings (SSSR count). The maximum Gasteiger partial charge on any atom is 0.357 e. The summed E-state index contributed by atoms with van der Waals surface area (Å²) >= 11 is 0. The average Bonchev–Trinajstić information content (AvgIpc) is 2.76. The summed E-state index contributed by atoms with van der Waals surface area (Å²) in [5.41, 5.74) is -0.984. The molecular weight excluding hydrogens is 398 g/mol. The van der Waals surface area contributed by atoms with Gasteiger partial charge in [0.25, 0.3) is 0 Å². The molecule has 154 valence electrons. The fourth-order valence-electron chi connectivity index (χ4n) is 3.15. The van der Waals surface area contributed by atoms with Crippen molar-refractivity contribution >= 4 is 28.6 Å². The van der Waals surface area contributed by atoms with Crippen molar-refractivity contribution in [1.82, 2.24) is 9.97 Å². The zero-order valence-electron chi connectivity index (χ0n) is 16.2. The van der Waals surface area contributed by atoms with Crippen molar-refractivity contribution < 1.29 is 9.66 Å². The number of ether oxygens (including phenoxy) is 1. The number of hydrogen-bond acceptors (Lipinski definition) is 5. The molecule has 31 heavy (non-hydrogen) atoms. The van der Waals surface area contributed by atoms with E-state index < -0.39 is 21.9 Å². The van der Waals surface area contributed by atoms with Crippen molar-refractivity contribution in [3.05, 3.63) is 115 Å². The molecule has 0 amide bonds. The van der Waals surface area contributed by atoms with Crippen LogP contribution in [0.4, 0.5) is 5.69 Å². The molecule has 0 spiro atoms. The smallest absolute Gasteiger partial charge is 0.357 e. The van der Waals surface area contributed by atoms with Gasteiger partial charge in [-0.05, 0) is 46.2 Å². The van der Waals surface area contributed by atoms with Gasteiger partial charge in [0.1, 0.15) is 18.1 Å². The van der Waals surface area contributed by atoms with Gasteiger partial charge < -0.3 is 9.72 Å². The van der Waals surface area contributed by atoms with Crippen molar-refractivity contribution in [2.24, 2.45) is 0 Å². The topological polar surface area (TPSA) is 118 Å². The molecular formula is C23H17N3O5. The third-order valence-electron chi connectivity index (χ3n) is 4.67. The van der Waals surface area contributed by atoms with Crippen LogP contribution in [0.2, 0.25) is 0 Å². The molecule has 0 radical (unpaired) electrons. The van der Waals surface area contributed by atoms with Crippen LogP contribution in [0.15, 0.2) is 76.3 Å². The van der Waals surface area contributed by atoms with E-state index in [4.69, 9.17) is 4.74 Å². The van der Waals surface area contributed by atoms with E-state index in [0.717, 1.165) is 10.9 Å². The SMILES string of the molecule is O=c1[nH]c(/C=C/c2ccc(OCc3ccc4ccccc4c3)cc2)c([N+](=O)[O-])c(=O)[nH]1. The number of nitrogens with one attached hydrogen (secondary N) is 2. The van der Waals surface area contributed by atoms with Gasteiger partial charge in [0, 0.05) is 0 Å². The lowest BCUT2D eigenvalue weighted by Gasteiger charge is -2.08. The summed E-state index contributed by atoms with van der Waals surface area (Å²) in [6, 6.07) is 21.4. The van der Waals surface area contributed by atoms with E-state index in [1.54, 1.807) is 30.3 Å². The normalized spacial score (nSPS) is 11.1. The van der Waals surface area contributed by atoms with E-state index in [0.29, 0.717) is 17.9 Å². The summed E-state index contributed by atoms with van der Waals surface area (Å²) in [4.78, 5) is 37.4. The molecule has 0 bridgehead atoms. The highest BCUT2D eigenvalue weighted by Gasteiger charge is 2.18. The zero-order chi connectivity index (χ0) is 21.8. The summed E-state index contributed by atoms with van der Waals surface area (Å²) < 4.78 is 5.83. The lowest BCUT2D eigenvalue weighted by atomic mass is 10.1.